The number of aliphatic hydroxyl groups is 1. The monoisotopic (exact) mass is 263 g/mol. The number of hydrogen-bond acceptors (Lipinski definition) is 4. The number of carbonyl (C=O) groups excluding carboxylic acids is 1. The molecule has 0 unspecified atom stereocenters. The summed E-state index contributed by atoms with van der Waals surface area (Å²) in [5.41, 5.74) is 0.195. The molecule has 19 heavy (non-hydrogen) atoms. The van der Waals surface area contributed by atoms with E-state index in [1.165, 1.54) is 0 Å². The highest BCUT2D eigenvalue weighted by Crippen LogP contribution is 2.22. The molecule has 0 bridgehead atoms. The maximum atomic E-state index is 12.2. The van der Waals surface area contributed by atoms with Crippen molar-refractivity contribution < 1.29 is 9.90 Å². The lowest BCUT2D eigenvalue weighted by Crippen LogP contribution is -2.43. The van der Waals surface area contributed by atoms with E-state index in [9.17, 15) is 9.90 Å². The molecule has 0 aliphatic carbocycles. The third-order valence-corrected chi connectivity index (χ3v) is 3.40. The van der Waals surface area contributed by atoms with Crippen molar-refractivity contribution in [1.82, 2.24) is 14.8 Å². The Labute approximate surface area is 113 Å². The van der Waals surface area contributed by atoms with E-state index >= 15 is 0 Å². The Kier molecular flexibility index (Phi) is 4.17. The first-order chi connectivity index (χ1) is 8.98. The highest BCUT2D eigenvalue weighted by atomic mass is 16.3. The minimum absolute atomic E-state index is 0.0703. The van der Waals surface area contributed by atoms with Gasteiger partial charge in [-0.15, -0.1) is 0 Å². The molecule has 0 radical (unpaired) electrons. The van der Waals surface area contributed by atoms with Crippen molar-refractivity contribution >= 4 is 5.91 Å². The molecule has 1 N–H and O–H groups in total. The molecule has 0 spiro atoms. The highest BCUT2D eigenvalue weighted by Gasteiger charge is 2.38. The third-order valence-electron chi connectivity index (χ3n) is 3.40. The van der Waals surface area contributed by atoms with Gasteiger partial charge < -0.3 is 14.9 Å². The molecule has 5 heteroatoms. The summed E-state index contributed by atoms with van der Waals surface area (Å²) in [6.45, 7) is 1.65. The summed E-state index contributed by atoms with van der Waals surface area (Å²) in [7, 11) is 3.86. The van der Waals surface area contributed by atoms with Crippen LogP contribution in [-0.4, -0.2) is 65.1 Å². The van der Waals surface area contributed by atoms with Crippen molar-refractivity contribution in [1.29, 1.82) is 0 Å². The van der Waals surface area contributed by atoms with Gasteiger partial charge in [-0.25, -0.2) is 0 Å². The Morgan fingerprint density at radius 1 is 1.47 bits per heavy atom. The number of nitrogens with zero attached hydrogens (tertiary/aromatic N) is 3. The van der Waals surface area contributed by atoms with Crippen LogP contribution in [0.5, 0.6) is 0 Å². The second kappa shape index (κ2) is 5.67. The number of hydrogen-bond donors (Lipinski definition) is 1. The summed E-state index contributed by atoms with van der Waals surface area (Å²) in [6, 6.07) is 3.69. The van der Waals surface area contributed by atoms with Crippen LogP contribution in [0.1, 0.15) is 12.0 Å². The Balaban J connectivity index is 1.92. The average Bonchev–Trinajstić information content (AvgIpc) is 2.72. The first-order valence-electron chi connectivity index (χ1n) is 6.52. The predicted molar refractivity (Wildman–Crippen MR) is 72.6 cm³/mol. The van der Waals surface area contributed by atoms with Crippen LogP contribution in [0.3, 0.4) is 0 Å². The van der Waals surface area contributed by atoms with Crippen LogP contribution >= 0.6 is 0 Å². The maximum Gasteiger partial charge on any atom is 0.227 e. The van der Waals surface area contributed by atoms with E-state index in [0.717, 1.165) is 5.56 Å². The van der Waals surface area contributed by atoms with Crippen molar-refractivity contribution in [2.24, 2.45) is 0 Å². The largest absolute Gasteiger partial charge is 0.387 e. The Morgan fingerprint density at radius 3 is 2.79 bits per heavy atom. The van der Waals surface area contributed by atoms with Crippen molar-refractivity contribution in [2.75, 3.05) is 33.7 Å². The first-order valence-corrected chi connectivity index (χ1v) is 6.52. The molecule has 2 heterocycles. The van der Waals surface area contributed by atoms with E-state index in [4.69, 9.17) is 0 Å². The van der Waals surface area contributed by atoms with E-state index in [1.807, 2.05) is 31.1 Å². The van der Waals surface area contributed by atoms with Crippen molar-refractivity contribution in [2.45, 2.75) is 18.4 Å². The van der Waals surface area contributed by atoms with E-state index in [2.05, 4.69) is 4.98 Å². The fourth-order valence-electron chi connectivity index (χ4n) is 2.57. The van der Waals surface area contributed by atoms with Gasteiger partial charge in [0.05, 0.1) is 18.6 Å². The van der Waals surface area contributed by atoms with Gasteiger partial charge in [0, 0.05) is 25.5 Å². The maximum absolute atomic E-state index is 12.2. The number of pyridine rings is 1. The summed E-state index contributed by atoms with van der Waals surface area (Å²) in [6.07, 6.45) is 4.40. The third kappa shape index (κ3) is 3.75. The molecule has 0 aromatic carbocycles. The van der Waals surface area contributed by atoms with E-state index in [-0.39, 0.29) is 5.91 Å². The number of rotatable bonds is 4. The van der Waals surface area contributed by atoms with Crippen LogP contribution in [0.4, 0.5) is 0 Å². The van der Waals surface area contributed by atoms with Crippen LogP contribution in [0, 0.1) is 0 Å². The molecule has 1 aliphatic heterocycles. The van der Waals surface area contributed by atoms with E-state index in [1.54, 1.807) is 17.3 Å². The molecule has 1 amide bonds. The predicted octanol–water partition coefficient (Wildman–Crippen LogP) is 0.149. The van der Waals surface area contributed by atoms with Gasteiger partial charge in [0.15, 0.2) is 0 Å². The topological polar surface area (TPSA) is 56.7 Å². The zero-order valence-corrected chi connectivity index (χ0v) is 11.5. The van der Waals surface area contributed by atoms with Crippen LogP contribution in [0.25, 0.3) is 0 Å². The minimum atomic E-state index is -0.766. The van der Waals surface area contributed by atoms with Crippen LogP contribution < -0.4 is 0 Å². The molecule has 5 nitrogen and oxygen atoms in total. The fourth-order valence-corrected chi connectivity index (χ4v) is 2.57. The van der Waals surface area contributed by atoms with Crippen LogP contribution in [0.2, 0.25) is 0 Å². The Bertz CT molecular complexity index is 436. The molecule has 104 valence electrons. The average molecular weight is 263 g/mol. The molecule has 1 aliphatic rings. The Hall–Kier alpha value is -1.46. The van der Waals surface area contributed by atoms with Crippen molar-refractivity contribution in [3.8, 4) is 0 Å². The van der Waals surface area contributed by atoms with Crippen molar-refractivity contribution in [3.63, 3.8) is 0 Å². The molecule has 1 fully saturated rings. The van der Waals surface area contributed by atoms with Gasteiger partial charge in [0.1, 0.15) is 0 Å². The number of β-amino-alcohol motifs (C(OH)–C–C–N with tert-alkyl or cyclic N) is 1. The second-order valence-electron chi connectivity index (χ2n) is 5.56. The standard InChI is InChI=1S/C14H21N3O2/c1-16(2)10-14(19)5-8-17(11-14)13(18)9-12-3-6-15-7-4-12/h3-4,6-7,19H,5,8-11H2,1-2H3/t14-/m0/s1. The normalized spacial score (nSPS) is 23.1. The first kappa shape index (κ1) is 14.0. The summed E-state index contributed by atoms with van der Waals surface area (Å²) < 4.78 is 0. The van der Waals surface area contributed by atoms with Crippen molar-refractivity contribution in [3.05, 3.63) is 30.1 Å². The summed E-state index contributed by atoms with van der Waals surface area (Å²) in [5.74, 6) is 0.0703. The summed E-state index contributed by atoms with van der Waals surface area (Å²) in [5, 5.41) is 10.4. The molecule has 1 atom stereocenters. The molecular weight excluding hydrogens is 242 g/mol. The molecule has 1 aromatic rings. The molecule has 2 rings (SSSR count). The van der Waals surface area contributed by atoms with E-state index < -0.39 is 5.60 Å². The molecule has 1 saturated heterocycles. The lowest BCUT2D eigenvalue weighted by molar-refractivity contribution is -0.130. The number of likely N-dealkylation sites (tertiary alicyclic amines) is 1. The van der Waals surface area contributed by atoms with Gasteiger partial charge in [-0.3, -0.25) is 9.78 Å². The van der Waals surface area contributed by atoms with Gasteiger partial charge in [0.25, 0.3) is 0 Å². The number of likely N-dealkylation sites (N-methyl/N-ethyl adjacent to an activating group) is 1. The lowest BCUT2D eigenvalue weighted by Gasteiger charge is -2.26. The minimum Gasteiger partial charge on any atom is -0.387 e. The zero-order valence-electron chi connectivity index (χ0n) is 11.5. The lowest BCUT2D eigenvalue weighted by atomic mass is 10.0. The SMILES string of the molecule is CN(C)C[C@@]1(O)CCN(C(=O)Cc2ccncc2)C1. The van der Waals surface area contributed by atoms with Gasteiger partial charge in [0.2, 0.25) is 5.91 Å². The fraction of sp³-hybridized carbons (Fsp3) is 0.571. The molecule has 0 saturated carbocycles. The Morgan fingerprint density at radius 2 is 2.16 bits per heavy atom. The number of aromatic nitrogens is 1. The zero-order chi connectivity index (χ0) is 13.9. The van der Waals surface area contributed by atoms with Gasteiger partial charge >= 0.3 is 0 Å². The van der Waals surface area contributed by atoms with Gasteiger partial charge in [-0.2, -0.15) is 0 Å². The number of amides is 1. The van der Waals surface area contributed by atoms with Crippen LogP contribution in [-0.2, 0) is 11.2 Å². The molecular formula is C14H21N3O2. The summed E-state index contributed by atoms with van der Waals surface area (Å²) >= 11 is 0. The van der Waals surface area contributed by atoms with Gasteiger partial charge in [-0.05, 0) is 38.2 Å². The number of carbonyl (C=O) groups is 1. The second-order valence-corrected chi connectivity index (χ2v) is 5.56. The molecule has 1 aromatic heterocycles. The quantitative estimate of drug-likeness (QED) is 0.840. The van der Waals surface area contributed by atoms with E-state index in [0.29, 0.717) is 32.5 Å². The summed E-state index contributed by atoms with van der Waals surface area (Å²) in [4.78, 5) is 19.8. The van der Waals surface area contributed by atoms with Crippen LogP contribution in [0.15, 0.2) is 24.5 Å². The van der Waals surface area contributed by atoms with Gasteiger partial charge in [-0.1, -0.05) is 0 Å². The smallest absolute Gasteiger partial charge is 0.227 e. The highest BCUT2D eigenvalue weighted by molar-refractivity contribution is 5.79.